The van der Waals surface area contributed by atoms with Crippen LogP contribution in [-0.4, -0.2) is 27.3 Å². The molecule has 1 fully saturated rings. The summed E-state index contributed by atoms with van der Waals surface area (Å²) in [6, 6.07) is 5.62. The van der Waals surface area contributed by atoms with Crippen LogP contribution in [0.5, 0.6) is 5.75 Å². The van der Waals surface area contributed by atoms with Gasteiger partial charge in [0.25, 0.3) is 0 Å². The maximum atomic E-state index is 5.97. The first-order valence-corrected chi connectivity index (χ1v) is 6.77. The summed E-state index contributed by atoms with van der Waals surface area (Å²) in [6.45, 7) is 4.36. The summed E-state index contributed by atoms with van der Waals surface area (Å²) in [5.41, 5.74) is 7.38. The van der Waals surface area contributed by atoms with E-state index in [1.165, 1.54) is 12.8 Å². The van der Waals surface area contributed by atoms with E-state index in [-0.39, 0.29) is 5.54 Å². The molecular formula is C14H19N5O. The van der Waals surface area contributed by atoms with Gasteiger partial charge in [-0.1, -0.05) is 0 Å². The van der Waals surface area contributed by atoms with Crippen molar-refractivity contribution >= 4 is 5.69 Å². The molecule has 1 aliphatic rings. The summed E-state index contributed by atoms with van der Waals surface area (Å²) >= 11 is 0. The van der Waals surface area contributed by atoms with Crippen LogP contribution in [0.4, 0.5) is 5.69 Å². The van der Waals surface area contributed by atoms with Crippen molar-refractivity contribution in [1.82, 2.24) is 20.2 Å². The first-order chi connectivity index (χ1) is 9.54. The van der Waals surface area contributed by atoms with Crippen LogP contribution in [0.3, 0.4) is 0 Å². The van der Waals surface area contributed by atoms with Gasteiger partial charge in [-0.15, -0.1) is 5.10 Å². The summed E-state index contributed by atoms with van der Waals surface area (Å²) in [5, 5.41) is 12.2. The fourth-order valence-electron chi connectivity index (χ4n) is 2.59. The molecule has 6 nitrogen and oxygen atoms in total. The quantitative estimate of drug-likeness (QED) is 0.863. The fraction of sp³-hybridized carbons (Fsp3) is 0.500. The summed E-state index contributed by atoms with van der Waals surface area (Å²) in [6.07, 6.45) is 2.47. The predicted octanol–water partition coefficient (Wildman–Crippen LogP) is 2.08. The highest BCUT2D eigenvalue weighted by Crippen LogP contribution is 2.44. The van der Waals surface area contributed by atoms with E-state index in [1.807, 2.05) is 22.9 Å². The number of methoxy groups -OCH3 is 1. The Labute approximate surface area is 117 Å². The number of aromatic nitrogens is 4. The van der Waals surface area contributed by atoms with E-state index in [9.17, 15) is 0 Å². The van der Waals surface area contributed by atoms with Gasteiger partial charge in [0.2, 0.25) is 0 Å². The predicted molar refractivity (Wildman–Crippen MR) is 76.3 cm³/mol. The molecule has 1 heterocycles. The molecule has 0 amide bonds. The molecule has 0 saturated heterocycles. The smallest absolute Gasteiger partial charge is 0.182 e. The number of ether oxygens (including phenoxy) is 1. The van der Waals surface area contributed by atoms with Crippen LogP contribution in [-0.2, 0) is 5.54 Å². The van der Waals surface area contributed by atoms with Gasteiger partial charge in [0.05, 0.1) is 18.3 Å². The summed E-state index contributed by atoms with van der Waals surface area (Å²) in [7, 11) is 1.60. The van der Waals surface area contributed by atoms with Crippen molar-refractivity contribution in [2.75, 3.05) is 12.8 Å². The van der Waals surface area contributed by atoms with Crippen molar-refractivity contribution in [3.05, 3.63) is 18.2 Å². The third-order valence-corrected chi connectivity index (χ3v) is 4.08. The minimum Gasteiger partial charge on any atom is -0.495 e. The van der Waals surface area contributed by atoms with Gasteiger partial charge >= 0.3 is 0 Å². The Kier molecular flexibility index (Phi) is 2.88. The van der Waals surface area contributed by atoms with Gasteiger partial charge in [0.15, 0.2) is 5.82 Å². The molecular weight excluding hydrogens is 254 g/mol. The van der Waals surface area contributed by atoms with Crippen molar-refractivity contribution in [2.24, 2.45) is 5.92 Å². The largest absolute Gasteiger partial charge is 0.495 e. The molecule has 1 aromatic carbocycles. The third-order valence-electron chi connectivity index (χ3n) is 4.08. The van der Waals surface area contributed by atoms with Crippen molar-refractivity contribution < 1.29 is 4.74 Å². The molecule has 2 N–H and O–H groups in total. The fourth-order valence-corrected chi connectivity index (χ4v) is 2.59. The molecule has 6 heteroatoms. The number of nitrogens with zero attached hydrogens (tertiary/aromatic N) is 4. The maximum Gasteiger partial charge on any atom is 0.182 e. The molecule has 0 aliphatic heterocycles. The van der Waals surface area contributed by atoms with Crippen molar-refractivity contribution in [1.29, 1.82) is 0 Å². The Bertz CT molecular complexity index is 630. The minimum atomic E-state index is -0.0759. The van der Waals surface area contributed by atoms with Gasteiger partial charge in [0, 0.05) is 5.56 Å². The molecule has 106 valence electrons. The standard InChI is InChI=1S/C14H19N5O/c1-14(2,10-5-6-10)19-13(16-17-18-19)9-4-7-12(20-3)11(15)8-9/h4,7-8,10H,5-6,15H2,1-3H3. The molecule has 0 spiro atoms. The second-order valence-electron chi connectivity index (χ2n) is 5.80. The highest BCUT2D eigenvalue weighted by atomic mass is 16.5. The van der Waals surface area contributed by atoms with Crippen LogP contribution >= 0.6 is 0 Å². The molecule has 0 bridgehead atoms. The number of benzene rings is 1. The topological polar surface area (TPSA) is 78.9 Å². The number of tetrazole rings is 1. The van der Waals surface area contributed by atoms with E-state index in [1.54, 1.807) is 7.11 Å². The Morgan fingerprint density at radius 3 is 2.70 bits per heavy atom. The molecule has 1 saturated carbocycles. The number of hydrogen-bond donors (Lipinski definition) is 1. The van der Waals surface area contributed by atoms with Gasteiger partial charge in [-0.25, -0.2) is 4.68 Å². The zero-order valence-corrected chi connectivity index (χ0v) is 12.0. The number of hydrogen-bond acceptors (Lipinski definition) is 5. The SMILES string of the molecule is COc1ccc(-c2nnnn2C(C)(C)C2CC2)cc1N. The molecule has 0 unspecified atom stereocenters. The average molecular weight is 273 g/mol. The van der Waals surface area contributed by atoms with Crippen LogP contribution < -0.4 is 10.5 Å². The van der Waals surface area contributed by atoms with Crippen LogP contribution in [0.15, 0.2) is 18.2 Å². The number of nitrogens with two attached hydrogens (primary N) is 1. The van der Waals surface area contributed by atoms with Crippen LogP contribution in [0, 0.1) is 5.92 Å². The van der Waals surface area contributed by atoms with Crippen molar-refractivity contribution in [3.8, 4) is 17.1 Å². The van der Waals surface area contributed by atoms with Crippen LogP contribution in [0.25, 0.3) is 11.4 Å². The van der Waals surface area contributed by atoms with E-state index in [2.05, 4.69) is 29.4 Å². The Morgan fingerprint density at radius 1 is 1.35 bits per heavy atom. The number of nitrogen functional groups attached to an aromatic ring is 1. The second-order valence-corrected chi connectivity index (χ2v) is 5.80. The van der Waals surface area contributed by atoms with Gasteiger partial charge in [-0.05, 0) is 61.2 Å². The lowest BCUT2D eigenvalue weighted by molar-refractivity contribution is 0.271. The number of anilines is 1. The zero-order chi connectivity index (χ0) is 14.3. The molecule has 3 rings (SSSR count). The Balaban J connectivity index is 2.03. The van der Waals surface area contributed by atoms with E-state index in [0.29, 0.717) is 17.4 Å². The van der Waals surface area contributed by atoms with Gasteiger partial charge in [0.1, 0.15) is 5.75 Å². The molecule has 1 aliphatic carbocycles. The van der Waals surface area contributed by atoms with Crippen LogP contribution in [0.1, 0.15) is 26.7 Å². The summed E-state index contributed by atoms with van der Waals surface area (Å²) < 4.78 is 7.09. The van der Waals surface area contributed by atoms with Gasteiger partial charge < -0.3 is 10.5 Å². The van der Waals surface area contributed by atoms with E-state index in [4.69, 9.17) is 10.5 Å². The molecule has 1 aromatic heterocycles. The summed E-state index contributed by atoms with van der Waals surface area (Å²) in [4.78, 5) is 0. The first-order valence-electron chi connectivity index (χ1n) is 6.77. The lowest BCUT2D eigenvalue weighted by Crippen LogP contribution is -2.30. The summed E-state index contributed by atoms with van der Waals surface area (Å²) in [5.74, 6) is 2.05. The van der Waals surface area contributed by atoms with Crippen molar-refractivity contribution in [2.45, 2.75) is 32.2 Å². The minimum absolute atomic E-state index is 0.0759. The molecule has 2 aromatic rings. The van der Waals surface area contributed by atoms with Gasteiger partial charge in [-0.3, -0.25) is 0 Å². The molecule has 20 heavy (non-hydrogen) atoms. The first kappa shape index (κ1) is 12.9. The van der Waals surface area contributed by atoms with E-state index < -0.39 is 0 Å². The molecule has 0 atom stereocenters. The van der Waals surface area contributed by atoms with E-state index >= 15 is 0 Å². The second kappa shape index (κ2) is 4.47. The zero-order valence-electron chi connectivity index (χ0n) is 12.0. The highest BCUT2D eigenvalue weighted by Gasteiger charge is 2.41. The Morgan fingerprint density at radius 2 is 2.10 bits per heavy atom. The monoisotopic (exact) mass is 273 g/mol. The lowest BCUT2D eigenvalue weighted by Gasteiger charge is -2.25. The van der Waals surface area contributed by atoms with E-state index in [0.717, 1.165) is 11.4 Å². The van der Waals surface area contributed by atoms with Gasteiger partial charge in [-0.2, -0.15) is 0 Å². The maximum absolute atomic E-state index is 5.97. The van der Waals surface area contributed by atoms with Crippen molar-refractivity contribution in [3.63, 3.8) is 0 Å². The normalized spacial score (nSPS) is 15.3. The Hall–Kier alpha value is -2.11. The van der Waals surface area contributed by atoms with Crippen LogP contribution in [0.2, 0.25) is 0 Å². The number of rotatable bonds is 4. The molecule has 0 radical (unpaired) electrons. The highest BCUT2D eigenvalue weighted by molar-refractivity contribution is 5.66. The lowest BCUT2D eigenvalue weighted by atomic mass is 9.98. The average Bonchev–Trinajstić information content (AvgIpc) is 3.16. The third kappa shape index (κ3) is 2.01.